The zero-order chi connectivity index (χ0) is 20.3. The lowest BCUT2D eigenvalue weighted by Gasteiger charge is -2.45. The van der Waals surface area contributed by atoms with E-state index in [1.54, 1.807) is 19.1 Å². The number of hydrogen-bond acceptors (Lipinski definition) is 6. The van der Waals surface area contributed by atoms with E-state index < -0.39 is 57.9 Å². The van der Waals surface area contributed by atoms with Crippen LogP contribution in [-0.4, -0.2) is 45.4 Å². The van der Waals surface area contributed by atoms with Crippen molar-refractivity contribution in [2.45, 2.75) is 56.8 Å². The fourth-order valence-electron chi connectivity index (χ4n) is 7.54. The average molecular weight is 388 g/mol. The number of aliphatic carboxylic acids is 1. The van der Waals surface area contributed by atoms with E-state index in [1.165, 1.54) is 6.92 Å². The highest BCUT2D eigenvalue weighted by Gasteiger charge is 2.84. The van der Waals surface area contributed by atoms with Crippen LogP contribution in [0.2, 0.25) is 0 Å². The minimum absolute atomic E-state index is 0.219. The number of aliphatic hydroxyl groups is 1. The Morgan fingerprint density at radius 3 is 2.75 bits per heavy atom. The summed E-state index contributed by atoms with van der Waals surface area (Å²) in [5.41, 5.74) is -3.19. The fourth-order valence-corrected chi connectivity index (χ4v) is 7.54. The molecular formula is C21H24O7. The molecule has 2 N–H and O–H groups in total. The van der Waals surface area contributed by atoms with Gasteiger partial charge in [-0.2, -0.15) is 0 Å². The maximum Gasteiger partial charge on any atom is 0.316 e. The van der Waals surface area contributed by atoms with Crippen molar-refractivity contribution in [1.29, 1.82) is 0 Å². The van der Waals surface area contributed by atoms with Gasteiger partial charge in [-0.05, 0) is 49.7 Å². The highest BCUT2D eigenvalue weighted by Crippen LogP contribution is 2.77. The Balaban J connectivity index is 1.72. The van der Waals surface area contributed by atoms with Crippen LogP contribution in [0, 0.1) is 28.6 Å². The number of carboxylic acid groups (broad SMARTS) is 1. The number of rotatable bonds is 2. The topological polar surface area (TPSA) is 110 Å². The Hall–Kier alpha value is -2.15. The predicted molar refractivity (Wildman–Crippen MR) is 94.7 cm³/mol. The van der Waals surface area contributed by atoms with Crippen LogP contribution in [0.1, 0.15) is 39.5 Å². The molecule has 4 aliphatic carbocycles. The second-order valence-electron chi connectivity index (χ2n) is 9.49. The molecule has 1 heterocycles. The summed E-state index contributed by atoms with van der Waals surface area (Å²) in [6, 6.07) is 0. The van der Waals surface area contributed by atoms with E-state index in [0.717, 1.165) is 5.57 Å². The van der Waals surface area contributed by atoms with Crippen molar-refractivity contribution in [1.82, 2.24) is 0 Å². The lowest BCUT2D eigenvalue weighted by molar-refractivity contribution is -0.167. The molecule has 4 fully saturated rings. The van der Waals surface area contributed by atoms with Gasteiger partial charge in [0.2, 0.25) is 0 Å². The summed E-state index contributed by atoms with van der Waals surface area (Å²) >= 11 is 0. The van der Waals surface area contributed by atoms with Gasteiger partial charge in [-0.15, -0.1) is 0 Å². The molecule has 0 aromatic carbocycles. The van der Waals surface area contributed by atoms with E-state index in [0.29, 0.717) is 25.7 Å². The number of fused-ring (bicyclic) bond motifs is 1. The fraction of sp³-hybridized carbons (Fsp3) is 0.667. The van der Waals surface area contributed by atoms with E-state index in [1.807, 2.05) is 0 Å². The summed E-state index contributed by atoms with van der Waals surface area (Å²) in [6.07, 6.45) is 4.09. The van der Waals surface area contributed by atoms with Crippen LogP contribution in [-0.2, 0) is 23.9 Å². The monoisotopic (exact) mass is 388 g/mol. The first-order valence-electron chi connectivity index (χ1n) is 9.75. The van der Waals surface area contributed by atoms with Crippen molar-refractivity contribution in [3.63, 3.8) is 0 Å². The maximum atomic E-state index is 12.8. The summed E-state index contributed by atoms with van der Waals surface area (Å²) in [7, 11) is 0. The third-order valence-electron chi connectivity index (χ3n) is 8.43. The van der Waals surface area contributed by atoms with E-state index in [9.17, 15) is 24.6 Å². The molecule has 8 atom stereocenters. The molecule has 0 aromatic heterocycles. The Labute approximate surface area is 162 Å². The second kappa shape index (κ2) is 4.87. The third-order valence-corrected chi connectivity index (χ3v) is 8.43. The first-order chi connectivity index (χ1) is 13.0. The lowest BCUT2D eigenvalue weighted by atomic mass is 9.61. The van der Waals surface area contributed by atoms with Gasteiger partial charge in [0.1, 0.15) is 16.6 Å². The summed E-state index contributed by atoms with van der Waals surface area (Å²) in [6.45, 7) is 7.12. The zero-order valence-electron chi connectivity index (χ0n) is 15.9. The molecule has 7 nitrogen and oxygen atoms in total. The van der Waals surface area contributed by atoms with Gasteiger partial charge in [-0.3, -0.25) is 14.4 Å². The van der Waals surface area contributed by atoms with Crippen LogP contribution < -0.4 is 0 Å². The van der Waals surface area contributed by atoms with Crippen molar-refractivity contribution < 1.29 is 34.1 Å². The Morgan fingerprint density at radius 2 is 2.11 bits per heavy atom. The van der Waals surface area contributed by atoms with Crippen molar-refractivity contribution >= 4 is 17.9 Å². The van der Waals surface area contributed by atoms with E-state index in [2.05, 4.69) is 6.58 Å². The Kier molecular flexibility index (Phi) is 3.12. The molecule has 150 valence electrons. The van der Waals surface area contributed by atoms with Crippen molar-refractivity contribution in [2.75, 3.05) is 0 Å². The van der Waals surface area contributed by atoms with Crippen LogP contribution in [0.25, 0.3) is 0 Å². The molecular weight excluding hydrogens is 364 g/mol. The van der Waals surface area contributed by atoms with Gasteiger partial charge >= 0.3 is 17.9 Å². The minimum atomic E-state index is -1.31. The van der Waals surface area contributed by atoms with Crippen molar-refractivity contribution in [3.05, 3.63) is 24.3 Å². The average Bonchev–Trinajstić information content (AvgIpc) is 3.02. The highest BCUT2D eigenvalue weighted by atomic mass is 16.6. The number of hydrogen-bond donors (Lipinski definition) is 2. The van der Waals surface area contributed by atoms with E-state index in [4.69, 9.17) is 9.47 Å². The number of ether oxygens (including phenoxy) is 2. The molecule has 1 saturated heterocycles. The first kappa shape index (κ1) is 17.9. The normalized spacial score (nSPS) is 52.8. The summed E-state index contributed by atoms with van der Waals surface area (Å²) < 4.78 is 11.6. The largest absolute Gasteiger partial charge is 0.481 e. The third kappa shape index (κ3) is 1.65. The Morgan fingerprint density at radius 1 is 1.39 bits per heavy atom. The van der Waals surface area contributed by atoms with Gasteiger partial charge in [0, 0.05) is 18.8 Å². The molecule has 5 aliphatic rings. The summed E-state index contributed by atoms with van der Waals surface area (Å²) in [5.74, 6) is -3.74. The van der Waals surface area contributed by atoms with Crippen LogP contribution in [0.5, 0.6) is 0 Å². The van der Waals surface area contributed by atoms with Gasteiger partial charge in [-0.1, -0.05) is 12.7 Å². The number of esters is 2. The molecule has 5 rings (SSSR count). The number of carbonyl (C=O) groups excluding carboxylic acids is 2. The van der Waals surface area contributed by atoms with Crippen molar-refractivity contribution in [3.8, 4) is 0 Å². The molecule has 7 heteroatoms. The molecule has 1 aliphatic heterocycles. The lowest BCUT2D eigenvalue weighted by Crippen LogP contribution is -2.50. The maximum absolute atomic E-state index is 12.8. The molecule has 0 radical (unpaired) electrons. The second-order valence-corrected chi connectivity index (χ2v) is 9.49. The van der Waals surface area contributed by atoms with Crippen LogP contribution in [0.4, 0.5) is 0 Å². The molecule has 1 spiro atoms. The van der Waals surface area contributed by atoms with Crippen molar-refractivity contribution in [2.24, 2.45) is 28.6 Å². The molecule has 0 aromatic rings. The number of carbonyl (C=O) groups is 3. The molecule has 3 saturated carbocycles. The summed E-state index contributed by atoms with van der Waals surface area (Å²) in [4.78, 5) is 37.2. The SMILES string of the molecule is C=C1CC23CC1(OC(C)=O)CCC2C12C=CC(O)C(C)(C(=O)O1)C2C3C(=O)O. The first-order valence-corrected chi connectivity index (χ1v) is 9.75. The van der Waals surface area contributed by atoms with Gasteiger partial charge in [0.05, 0.1) is 12.0 Å². The van der Waals surface area contributed by atoms with E-state index in [-0.39, 0.29) is 5.92 Å². The summed E-state index contributed by atoms with van der Waals surface area (Å²) in [5, 5.41) is 20.9. The Bertz CT molecular complexity index is 876. The smallest absolute Gasteiger partial charge is 0.316 e. The van der Waals surface area contributed by atoms with Crippen LogP contribution in [0.3, 0.4) is 0 Å². The standard InChI is InChI=1S/C21H24O7/c1-10-8-19-9-20(10,27-11(2)22)6-4-12(19)21-7-5-13(23)18(3,17(26)28-21)15(21)14(19)16(24)25/h5,7,12-15,23H,1,4,6,8-9H2,2-3H3,(H,24,25). The van der Waals surface area contributed by atoms with Crippen LogP contribution in [0.15, 0.2) is 24.3 Å². The van der Waals surface area contributed by atoms with E-state index >= 15 is 0 Å². The molecule has 4 bridgehead atoms. The number of carboxylic acids is 1. The minimum Gasteiger partial charge on any atom is -0.481 e. The van der Waals surface area contributed by atoms with Gasteiger partial charge in [0.25, 0.3) is 0 Å². The zero-order valence-corrected chi connectivity index (χ0v) is 15.9. The molecule has 28 heavy (non-hydrogen) atoms. The quantitative estimate of drug-likeness (QED) is 0.546. The highest BCUT2D eigenvalue weighted by molar-refractivity contribution is 5.86. The van der Waals surface area contributed by atoms with Crippen LogP contribution >= 0.6 is 0 Å². The van der Waals surface area contributed by atoms with Gasteiger partial charge in [-0.25, -0.2) is 0 Å². The predicted octanol–water partition coefficient (Wildman–Crippen LogP) is 1.60. The molecule has 0 amide bonds. The number of aliphatic hydroxyl groups excluding tert-OH is 1. The van der Waals surface area contributed by atoms with Gasteiger partial charge in [0.15, 0.2) is 0 Å². The van der Waals surface area contributed by atoms with Gasteiger partial charge < -0.3 is 19.7 Å². The molecule has 8 unspecified atom stereocenters.